The Bertz CT molecular complexity index is 510. The highest BCUT2D eigenvalue weighted by Gasteiger charge is 2.42. The third-order valence-electron chi connectivity index (χ3n) is 4.36. The van der Waals surface area contributed by atoms with Crippen LogP contribution in [0.15, 0.2) is 30.3 Å². The minimum atomic E-state index is -0.742. The van der Waals surface area contributed by atoms with Crippen molar-refractivity contribution >= 4 is 11.9 Å². The Morgan fingerprint density at radius 1 is 1.09 bits per heavy atom. The lowest BCUT2D eigenvalue weighted by atomic mass is 9.96. The fraction of sp³-hybridized carbons (Fsp3) is 0.556. The van der Waals surface area contributed by atoms with Crippen LogP contribution in [0.4, 0.5) is 4.79 Å². The van der Waals surface area contributed by atoms with Crippen molar-refractivity contribution in [2.45, 2.75) is 57.5 Å². The van der Waals surface area contributed by atoms with Gasteiger partial charge in [-0.3, -0.25) is 4.79 Å². The highest BCUT2D eigenvalue weighted by Crippen LogP contribution is 2.29. The van der Waals surface area contributed by atoms with E-state index < -0.39 is 5.54 Å². The van der Waals surface area contributed by atoms with Crippen LogP contribution in [-0.2, 0) is 11.3 Å². The summed E-state index contributed by atoms with van der Waals surface area (Å²) in [6.07, 6.45) is 5.37. The lowest BCUT2D eigenvalue weighted by Gasteiger charge is -2.29. The number of hydrogen-bond donors (Lipinski definition) is 3. The van der Waals surface area contributed by atoms with E-state index in [-0.39, 0.29) is 11.9 Å². The fourth-order valence-corrected chi connectivity index (χ4v) is 2.97. The molecule has 1 aromatic rings. The quantitative estimate of drug-likeness (QED) is 0.677. The summed E-state index contributed by atoms with van der Waals surface area (Å²) in [7, 11) is 0. The van der Waals surface area contributed by atoms with Gasteiger partial charge in [-0.25, -0.2) is 4.79 Å². The van der Waals surface area contributed by atoms with E-state index in [4.69, 9.17) is 0 Å². The van der Waals surface area contributed by atoms with Crippen molar-refractivity contribution in [1.82, 2.24) is 16.0 Å². The maximum atomic E-state index is 12.5. The molecule has 0 aromatic heterocycles. The first kappa shape index (κ1) is 17.3. The third-order valence-corrected chi connectivity index (χ3v) is 4.36. The van der Waals surface area contributed by atoms with E-state index in [0.717, 1.165) is 31.2 Å². The maximum Gasteiger partial charge on any atom is 0.315 e. The Morgan fingerprint density at radius 3 is 2.43 bits per heavy atom. The average molecular weight is 317 g/mol. The van der Waals surface area contributed by atoms with Crippen LogP contribution in [0.3, 0.4) is 0 Å². The molecule has 0 heterocycles. The number of hydrogen-bond acceptors (Lipinski definition) is 2. The van der Waals surface area contributed by atoms with Crippen LogP contribution < -0.4 is 16.0 Å². The zero-order chi connectivity index (χ0) is 16.5. The molecule has 3 N–H and O–H groups in total. The first-order valence-electron chi connectivity index (χ1n) is 8.54. The number of rotatable bonds is 7. The molecular formula is C18H27N3O2. The maximum absolute atomic E-state index is 12.5. The van der Waals surface area contributed by atoms with Crippen LogP contribution in [0.1, 0.15) is 51.0 Å². The van der Waals surface area contributed by atoms with Crippen LogP contribution >= 0.6 is 0 Å². The van der Waals surface area contributed by atoms with Gasteiger partial charge in [-0.1, -0.05) is 56.5 Å². The second-order valence-electron chi connectivity index (χ2n) is 6.19. The summed E-state index contributed by atoms with van der Waals surface area (Å²) < 4.78 is 0. The Hall–Kier alpha value is -2.04. The molecule has 5 nitrogen and oxygen atoms in total. The monoisotopic (exact) mass is 317 g/mol. The molecule has 5 heteroatoms. The summed E-state index contributed by atoms with van der Waals surface area (Å²) in [4.78, 5) is 24.7. The number of amides is 3. The van der Waals surface area contributed by atoms with Crippen molar-refractivity contribution < 1.29 is 9.59 Å². The van der Waals surface area contributed by atoms with Gasteiger partial charge in [0.25, 0.3) is 0 Å². The number of carbonyl (C=O) groups is 2. The summed E-state index contributed by atoms with van der Waals surface area (Å²) in [5, 5.41) is 8.73. The molecule has 0 saturated heterocycles. The number of unbranched alkanes of at least 4 members (excludes halogenated alkanes) is 1. The van der Waals surface area contributed by atoms with Crippen LogP contribution in [0.5, 0.6) is 0 Å². The Morgan fingerprint density at radius 2 is 1.78 bits per heavy atom. The minimum Gasteiger partial charge on any atom is -0.354 e. The molecule has 0 spiro atoms. The molecule has 0 atom stereocenters. The van der Waals surface area contributed by atoms with Crippen molar-refractivity contribution in [2.24, 2.45) is 0 Å². The van der Waals surface area contributed by atoms with Crippen molar-refractivity contribution in [3.05, 3.63) is 35.9 Å². The number of benzene rings is 1. The van der Waals surface area contributed by atoms with E-state index in [1.54, 1.807) is 0 Å². The Labute approximate surface area is 138 Å². The third kappa shape index (κ3) is 4.98. The number of nitrogens with one attached hydrogen (secondary N) is 3. The van der Waals surface area contributed by atoms with Crippen molar-refractivity contribution in [2.75, 3.05) is 6.54 Å². The van der Waals surface area contributed by atoms with Gasteiger partial charge in [-0.15, -0.1) is 0 Å². The zero-order valence-electron chi connectivity index (χ0n) is 13.9. The minimum absolute atomic E-state index is 0.0432. The Kier molecular flexibility index (Phi) is 6.44. The van der Waals surface area contributed by atoms with Crippen molar-refractivity contribution in [1.29, 1.82) is 0 Å². The molecule has 3 amide bonds. The van der Waals surface area contributed by atoms with Gasteiger partial charge in [-0.2, -0.15) is 0 Å². The molecule has 0 radical (unpaired) electrons. The van der Waals surface area contributed by atoms with Gasteiger partial charge >= 0.3 is 6.03 Å². The van der Waals surface area contributed by atoms with Crippen LogP contribution in [-0.4, -0.2) is 24.0 Å². The standard InChI is InChI=1S/C18H27N3O2/c1-2-3-13-19-16(22)18(11-7-8-12-18)21-17(23)20-14-15-9-5-4-6-10-15/h4-6,9-10H,2-3,7-8,11-14H2,1H3,(H,19,22)(H2,20,21,23). The summed E-state index contributed by atoms with van der Waals surface area (Å²) in [6.45, 7) is 3.22. The molecular weight excluding hydrogens is 290 g/mol. The van der Waals surface area contributed by atoms with Crippen LogP contribution in [0.2, 0.25) is 0 Å². The molecule has 126 valence electrons. The lowest BCUT2D eigenvalue weighted by molar-refractivity contribution is -0.127. The Balaban J connectivity index is 1.88. The van der Waals surface area contributed by atoms with Crippen LogP contribution in [0.25, 0.3) is 0 Å². The molecule has 1 fully saturated rings. The lowest BCUT2D eigenvalue weighted by Crippen LogP contribution is -2.59. The van der Waals surface area contributed by atoms with Gasteiger partial charge in [0.2, 0.25) is 5.91 Å². The van der Waals surface area contributed by atoms with Crippen LogP contribution in [0, 0.1) is 0 Å². The molecule has 23 heavy (non-hydrogen) atoms. The van der Waals surface area contributed by atoms with Gasteiger partial charge in [-0.05, 0) is 24.8 Å². The van der Waals surface area contributed by atoms with E-state index >= 15 is 0 Å². The smallest absolute Gasteiger partial charge is 0.315 e. The highest BCUT2D eigenvalue weighted by molar-refractivity contribution is 5.91. The van der Waals surface area contributed by atoms with Gasteiger partial charge in [0.05, 0.1) is 0 Å². The highest BCUT2D eigenvalue weighted by atomic mass is 16.2. The molecule has 0 aliphatic heterocycles. The summed E-state index contributed by atoms with van der Waals surface area (Å²) in [5.74, 6) is -0.0432. The second kappa shape index (κ2) is 8.56. The summed E-state index contributed by atoms with van der Waals surface area (Å²) in [5.41, 5.74) is 0.296. The van der Waals surface area contributed by atoms with Gasteiger partial charge < -0.3 is 16.0 Å². The summed E-state index contributed by atoms with van der Waals surface area (Å²) >= 11 is 0. The summed E-state index contributed by atoms with van der Waals surface area (Å²) in [6, 6.07) is 9.47. The zero-order valence-corrected chi connectivity index (χ0v) is 13.9. The van der Waals surface area contributed by atoms with E-state index in [9.17, 15) is 9.59 Å². The van der Waals surface area contributed by atoms with E-state index in [1.807, 2.05) is 30.3 Å². The average Bonchev–Trinajstić information content (AvgIpc) is 3.04. The van der Waals surface area contributed by atoms with Crippen molar-refractivity contribution in [3.8, 4) is 0 Å². The van der Waals surface area contributed by atoms with Gasteiger partial charge in [0.1, 0.15) is 5.54 Å². The number of urea groups is 1. The molecule has 0 unspecified atom stereocenters. The van der Waals surface area contributed by atoms with E-state index in [2.05, 4.69) is 22.9 Å². The predicted molar refractivity (Wildman–Crippen MR) is 90.9 cm³/mol. The second-order valence-corrected chi connectivity index (χ2v) is 6.19. The first-order valence-corrected chi connectivity index (χ1v) is 8.54. The largest absolute Gasteiger partial charge is 0.354 e. The predicted octanol–water partition coefficient (Wildman–Crippen LogP) is 2.71. The molecule has 1 aliphatic rings. The molecule has 1 saturated carbocycles. The van der Waals surface area contributed by atoms with E-state index in [0.29, 0.717) is 25.9 Å². The van der Waals surface area contributed by atoms with Gasteiger partial charge in [0, 0.05) is 13.1 Å². The van der Waals surface area contributed by atoms with E-state index in [1.165, 1.54) is 0 Å². The first-order chi connectivity index (χ1) is 11.2. The molecule has 0 bridgehead atoms. The molecule has 1 aliphatic carbocycles. The molecule has 2 rings (SSSR count). The topological polar surface area (TPSA) is 70.2 Å². The van der Waals surface area contributed by atoms with Crippen molar-refractivity contribution in [3.63, 3.8) is 0 Å². The van der Waals surface area contributed by atoms with Gasteiger partial charge in [0.15, 0.2) is 0 Å². The normalized spacial score (nSPS) is 15.9. The SMILES string of the molecule is CCCCNC(=O)C1(NC(=O)NCc2ccccc2)CCCC1. The number of carbonyl (C=O) groups excluding carboxylic acids is 2. The fourth-order valence-electron chi connectivity index (χ4n) is 2.97. The molecule has 1 aromatic carbocycles.